The van der Waals surface area contributed by atoms with Gasteiger partial charge in [-0.2, -0.15) is 0 Å². The Kier molecular flexibility index (Phi) is 6.21. The number of ether oxygens (including phenoxy) is 1. The van der Waals surface area contributed by atoms with Gasteiger partial charge in [-0.3, -0.25) is 9.48 Å². The first-order valence-electron chi connectivity index (χ1n) is 9.72. The summed E-state index contributed by atoms with van der Waals surface area (Å²) in [6, 6.07) is 17.3. The van der Waals surface area contributed by atoms with Crippen molar-refractivity contribution in [1.82, 2.24) is 9.78 Å². The second kappa shape index (κ2) is 9.38. The zero-order valence-electron chi connectivity index (χ0n) is 16.8. The van der Waals surface area contributed by atoms with Crippen molar-refractivity contribution in [3.05, 3.63) is 113 Å². The Morgan fingerprint density at radius 1 is 0.875 bits per heavy atom. The number of anilines is 1. The lowest BCUT2D eigenvalue weighted by molar-refractivity contribution is 0.102. The third kappa shape index (κ3) is 5.34. The molecule has 3 aromatic carbocycles. The van der Waals surface area contributed by atoms with Crippen LogP contribution in [0.1, 0.15) is 21.5 Å². The number of rotatable bonds is 7. The molecular weight excluding hydrogens is 419 g/mol. The smallest absolute Gasteiger partial charge is 0.262 e. The second-order valence-corrected chi connectivity index (χ2v) is 7.06. The largest absolute Gasteiger partial charge is 0.471 e. The van der Waals surface area contributed by atoms with Gasteiger partial charge in [-0.25, -0.2) is 13.2 Å². The quantitative estimate of drug-likeness (QED) is 0.434. The van der Waals surface area contributed by atoms with Crippen molar-refractivity contribution in [3.63, 3.8) is 0 Å². The molecule has 8 heteroatoms. The monoisotopic (exact) mass is 437 g/mol. The summed E-state index contributed by atoms with van der Waals surface area (Å²) in [7, 11) is 0. The molecule has 0 aliphatic rings. The molecule has 1 amide bonds. The Morgan fingerprint density at radius 3 is 2.19 bits per heavy atom. The Balaban J connectivity index is 1.59. The van der Waals surface area contributed by atoms with Gasteiger partial charge < -0.3 is 10.1 Å². The summed E-state index contributed by atoms with van der Waals surface area (Å²) >= 11 is 0. The number of amides is 1. The average Bonchev–Trinajstić information content (AvgIpc) is 3.15. The first kappa shape index (κ1) is 21.2. The fourth-order valence-corrected chi connectivity index (χ4v) is 3.11. The van der Waals surface area contributed by atoms with Crippen LogP contribution in [-0.2, 0) is 13.2 Å². The van der Waals surface area contributed by atoms with E-state index in [0.717, 1.165) is 0 Å². The first-order chi connectivity index (χ1) is 15.5. The van der Waals surface area contributed by atoms with Crippen LogP contribution in [0.4, 0.5) is 18.9 Å². The summed E-state index contributed by atoms with van der Waals surface area (Å²) in [4.78, 5) is 12.8. The summed E-state index contributed by atoms with van der Waals surface area (Å²) < 4.78 is 47.6. The predicted octanol–water partition coefficient (Wildman–Crippen LogP) is 5.18. The van der Waals surface area contributed by atoms with E-state index in [4.69, 9.17) is 4.74 Å². The third-order valence-electron chi connectivity index (χ3n) is 4.55. The standard InChI is InChI=1S/C24H18F3N3O2/c25-18-6-1-4-16(10-18)13-30-14-22(23(31)28-21-9-3-8-20(27)12-21)24(29-30)32-15-17-5-2-7-19(26)11-17/h1-12,14H,13,15H2,(H,28,31). The molecule has 4 rings (SSSR count). The lowest BCUT2D eigenvalue weighted by atomic mass is 10.2. The van der Waals surface area contributed by atoms with E-state index in [1.807, 2.05) is 0 Å². The third-order valence-corrected chi connectivity index (χ3v) is 4.55. The summed E-state index contributed by atoms with van der Waals surface area (Å²) in [6.45, 7) is 0.177. The van der Waals surface area contributed by atoms with Crippen LogP contribution < -0.4 is 10.1 Å². The molecule has 0 fully saturated rings. The molecule has 1 aromatic heterocycles. The minimum atomic E-state index is -0.560. The average molecular weight is 437 g/mol. The SMILES string of the molecule is O=C(Nc1cccc(F)c1)c1cn(Cc2cccc(F)c2)nc1OCc1cccc(F)c1. The Bertz CT molecular complexity index is 1260. The summed E-state index contributed by atoms with van der Waals surface area (Å²) in [5, 5.41) is 6.90. The van der Waals surface area contributed by atoms with Gasteiger partial charge in [0.15, 0.2) is 0 Å². The van der Waals surface area contributed by atoms with Gasteiger partial charge in [-0.05, 0) is 53.6 Å². The lowest BCUT2D eigenvalue weighted by Gasteiger charge is -2.07. The molecule has 0 spiro atoms. The van der Waals surface area contributed by atoms with Crippen LogP contribution in [0.3, 0.4) is 0 Å². The maximum atomic E-state index is 13.5. The highest BCUT2D eigenvalue weighted by Crippen LogP contribution is 2.21. The van der Waals surface area contributed by atoms with Gasteiger partial charge in [0.05, 0.1) is 6.54 Å². The van der Waals surface area contributed by atoms with Crippen molar-refractivity contribution < 1.29 is 22.7 Å². The highest BCUT2D eigenvalue weighted by molar-refractivity contribution is 6.05. The van der Waals surface area contributed by atoms with Crippen molar-refractivity contribution in [2.75, 3.05) is 5.32 Å². The topological polar surface area (TPSA) is 56.2 Å². The molecular formula is C24H18F3N3O2. The van der Waals surface area contributed by atoms with Crippen molar-refractivity contribution >= 4 is 11.6 Å². The molecule has 0 atom stereocenters. The number of benzene rings is 3. The van der Waals surface area contributed by atoms with Gasteiger partial charge in [0.1, 0.15) is 29.6 Å². The molecule has 0 saturated carbocycles. The Hall–Kier alpha value is -4.07. The van der Waals surface area contributed by atoms with E-state index < -0.39 is 17.5 Å². The molecule has 162 valence electrons. The van der Waals surface area contributed by atoms with Gasteiger partial charge in [-0.1, -0.05) is 30.3 Å². The highest BCUT2D eigenvalue weighted by Gasteiger charge is 2.19. The number of hydrogen-bond acceptors (Lipinski definition) is 3. The van der Waals surface area contributed by atoms with Gasteiger partial charge in [0, 0.05) is 11.9 Å². The molecule has 0 radical (unpaired) electrons. The fraction of sp³-hybridized carbons (Fsp3) is 0.0833. The van der Waals surface area contributed by atoms with Crippen molar-refractivity contribution in [2.24, 2.45) is 0 Å². The van der Waals surface area contributed by atoms with Crippen molar-refractivity contribution in [3.8, 4) is 5.88 Å². The van der Waals surface area contributed by atoms with Crippen LogP contribution in [-0.4, -0.2) is 15.7 Å². The van der Waals surface area contributed by atoms with E-state index in [-0.39, 0.29) is 36.1 Å². The summed E-state index contributed by atoms with van der Waals surface area (Å²) in [5.74, 6) is -1.84. The molecule has 0 aliphatic heterocycles. The van der Waals surface area contributed by atoms with Gasteiger partial charge in [0.25, 0.3) is 5.91 Å². The van der Waals surface area contributed by atoms with Gasteiger partial charge in [0.2, 0.25) is 5.88 Å². The van der Waals surface area contributed by atoms with E-state index in [2.05, 4.69) is 10.4 Å². The van der Waals surface area contributed by atoms with E-state index >= 15 is 0 Å². The molecule has 5 nitrogen and oxygen atoms in total. The zero-order valence-corrected chi connectivity index (χ0v) is 16.8. The van der Waals surface area contributed by atoms with Crippen LogP contribution in [0.2, 0.25) is 0 Å². The van der Waals surface area contributed by atoms with E-state index in [1.165, 1.54) is 53.3 Å². The molecule has 0 aliphatic carbocycles. The van der Waals surface area contributed by atoms with Crippen LogP contribution in [0.5, 0.6) is 5.88 Å². The Labute approximate surface area is 182 Å². The molecule has 0 unspecified atom stereocenters. The van der Waals surface area contributed by atoms with Crippen molar-refractivity contribution in [1.29, 1.82) is 0 Å². The van der Waals surface area contributed by atoms with E-state index in [1.54, 1.807) is 30.3 Å². The number of nitrogens with zero attached hydrogens (tertiary/aromatic N) is 2. The second-order valence-electron chi connectivity index (χ2n) is 7.06. The molecule has 1 N–H and O–H groups in total. The first-order valence-corrected chi connectivity index (χ1v) is 9.72. The number of carbonyl (C=O) groups excluding carboxylic acids is 1. The van der Waals surface area contributed by atoms with Gasteiger partial charge >= 0.3 is 0 Å². The van der Waals surface area contributed by atoms with Crippen molar-refractivity contribution in [2.45, 2.75) is 13.2 Å². The number of halogens is 3. The highest BCUT2D eigenvalue weighted by atomic mass is 19.1. The molecule has 32 heavy (non-hydrogen) atoms. The normalized spacial score (nSPS) is 10.7. The minimum absolute atomic E-state index is 0.0135. The van der Waals surface area contributed by atoms with E-state index in [9.17, 15) is 18.0 Å². The maximum Gasteiger partial charge on any atom is 0.262 e. The molecule has 1 heterocycles. The molecule has 0 bridgehead atoms. The van der Waals surface area contributed by atoms with Gasteiger partial charge in [-0.15, -0.1) is 5.10 Å². The maximum absolute atomic E-state index is 13.5. The predicted molar refractivity (Wildman–Crippen MR) is 113 cm³/mol. The molecule has 0 saturated heterocycles. The zero-order chi connectivity index (χ0) is 22.5. The number of aromatic nitrogens is 2. The van der Waals surface area contributed by atoms with Crippen LogP contribution in [0.25, 0.3) is 0 Å². The minimum Gasteiger partial charge on any atom is -0.471 e. The lowest BCUT2D eigenvalue weighted by Crippen LogP contribution is -2.13. The Morgan fingerprint density at radius 2 is 1.50 bits per heavy atom. The van der Waals surface area contributed by atoms with Crippen LogP contribution >= 0.6 is 0 Å². The molecule has 4 aromatic rings. The van der Waals surface area contributed by atoms with Crippen LogP contribution in [0, 0.1) is 17.5 Å². The number of hydrogen-bond donors (Lipinski definition) is 1. The van der Waals surface area contributed by atoms with E-state index in [0.29, 0.717) is 11.1 Å². The van der Waals surface area contributed by atoms with Crippen LogP contribution in [0.15, 0.2) is 79.0 Å². The number of nitrogens with one attached hydrogen (secondary N) is 1. The fourth-order valence-electron chi connectivity index (χ4n) is 3.11. The summed E-state index contributed by atoms with van der Waals surface area (Å²) in [6.07, 6.45) is 1.46. The number of carbonyl (C=O) groups is 1. The summed E-state index contributed by atoms with van der Waals surface area (Å²) in [5.41, 5.74) is 1.56.